The molecular formula is C22H19N3O3. The van der Waals surface area contributed by atoms with Crippen molar-refractivity contribution in [2.45, 2.75) is 20.0 Å². The summed E-state index contributed by atoms with van der Waals surface area (Å²) in [6, 6.07) is 16.6. The fourth-order valence-corrected chi connectivity index (χ4v) is 3.10. The highest BCUT2D eigenvalue weighted by Gasteiger charge is 2.13. The quantitative estimate of drug-likeness (QED) is 0.545. The first-order chi connectivity index (χ1) is 13.6. The number of hydrogen-bond donors (Lipinski definition) is 1. The van der Waals surface area contributed by atoms with Crippen LogP contribution in [-0.4, -0.2) is 15.5 Å². The van der Waals surface area contributed by atoms with Crippen molar-refractivity contribution in [1.82, 2.24) is 14.9 Å². The second-order valence-corrected chi connectivity index (χ2v) is 6.59. The number of aryl methyl sites for hydroxylation is 1. The molecule has 0 aliphatic rings. The third kappa shape index (κ3) is 3.71. The van der Waals surface area contributed by atoms with Crippen LogP contribution in [0.5, 0.6) is 0 Å². The zero-order valence-corrected chi connectivity index (χ0v) is 15.4. The fraction of sp³-hybridized carbons (Fsp3) is 0.136. The number of hydrogen-bond acceptors (Lipinski definition) is 4. The topological polar surface area (TPSA) is 77.1 Å². The molecule has 140 valence electrons. The Morgan fingerprint density at radius 3 is 2.75 bits per heavy atom. The minimum atomic E-state index is -0.638. The zero-order chi connectivity index (χ0) is 19.5. The number of benzene rings is 2. The Morgan fingerprint density at radius 1 is 1.11 bits per heavy atom. The first-order valence-corrected chi connectivity index (χ1v) is 8.97. The summed E-state index contributed by atoms with van der Waals surface area (Å²) in [5.74, 6) is 0.497. The molecular weight excluding hydrogens is 354 g/mol. The van der Waals surface area contributed by atoms with E-state index in [2.05, 4.69) is 14.9 Å². The predicted octanol–water partition coefficient (Wildman–Crippen LogP) is 3.28. The number of rotatable bonds is 5. The van der Waals surface area contributed by atoms with E-state index < -0.39 is 11.5 Å². The van der Waals surface area contributed by atoms with Crippen molar-refractivity contribution in [1.29, 1.82) is 0 Å². The first-order valence-electron chi connectivity index (χ1n) is 8.97. The number of amides is 1. The minimum absolute atomic E-state index is 0.00361. The van der Waals surface area contributed by atoms with E-state index in [1.54, 1.807) is 30.5 Å². The van der Waals surface area contributed by atoms with Crippen molar-refractivity contribution in [3.63, 3.8) is 0 Å². The average molecular weight is 373 g/mol. The highest BCUT2D eigenvalue weighted by atomic mass is 16.4. The second-order valence-electron chi connectivity index (χ2n) is 6.59. The molecule has 0 saturated carbocycles. The molecule has 0 fully saturated rings. The highest BCUT2D eigenvalue weighted by molar-refractivity contribution is 5.96. The van der Waals surface area contributed by atoms with Crippen LogP contribution >= 0.6 is 0 Å². The molecule has 4 rings (SSSR count). The number of aromatic nitrogens is 2. The van der Waals surface area contributed by atoms with Crippen LogP contribution in [0.4, 0.5) is 0 Å². The maximum atomic E-state index is 12.5. The van der Waals surface area contributed by atoms with E-state index in [1.807, 2.05) is 43.5 Å². The average Bonchev–Trinajstić information content (AvgIpc) is 3.10. The van der Waals surface area contributed by atoms with Gasteiger partial charge in [-0.25, -0.2) is 9.78 Å². The van der Waals surface area contributed by atoms with E-state index in [-0.39, 0.29) is 5.56 Å². The molecule has 0 bridgehead atoms. The number of fused-ring (bicyclic) bond motifs is 1. The Bertz CT molecular complexity index is 1210. The number of para-hydroxylation sites is 1. The van der Waals surface area contributed by atoms with Gasteiger partial charge in [0.1, 0.15) is 17.0 Å². The Balaban J connectivity index is 1.48. The van der Waals surface area contributed by atoms with Crippen molar-refractivity contribution >= 4 is 16.9 Å². The van der Waals surface area contributed by atoms with Gasteiger partial charge in [-0.1, -0.05) is 42.5 Å². The standard InChI is InChI=1S/C22H19N3O3/c1-15-23-9-10-25(15)14-17-6-4-5-16(11-17)13-24-21(26)19-12-18-7-2-3-8-20(18)28-22(19)27/h2-12H,13-14H2,1H3,(H,24,26). The summed E-state index contributed by atoms with van der Waals surface area (Å²) in [4.78, 5) is 28.8. The summed E-state index contributed by atoms with van der Waals surface area (Å²) in [7, 11) is 0. The number of imidazole rings is 1. The predicted molar refractivity (Wildman–Crippen MR) is 106 cm³/mol. The molecule has 0 atom stereocenters. The first kappa shape index (κ1) is 17.7. The lowest BCUT2D eigenvalue weighted by Gasteiger charge is -2.09. The highest BCUT2D eigenvalue weighted by Crippen LogP contribution is 2.13. The molecule has 2 heterocycles. The van der Waals surface area contributed by atoms with Gasteiger partial charge in [0.15, 0.2) is 0 Å². The molecule has 0 unspecified atom stereocenters. The van der Waals surface area contributed by atoms with Gasteiger partial charge >= 0.3 is 5.63 Å². The molecule has 2 aromatic carbocycles. The van der Waals surface area contributed by atoms with E-state index in [9.17, 15) is 9.59 Å². The molecule has 0 aliphatic carbocycles. The molecule has 0 radical (unpaired) electrons. The van der Waals surface area contributed by atoms with Gasteiger partial charge in [-0.2, -0.15) is 0 Å². The van der Waals surface area contributed by atoms with Crippen LogP contribution in [0.3, 0.4) is 0 Å². The molecule has 0 aliphatic heterocycles. The van der Waals surface area contributed by atoms with Gasteiger partial charge < -0.3 is 14.3 Å². The normalized spacial score (nSPS) is 10.9. The van der Waals surface area contributed by atoms with Gasteiger partial charge in [0.2, 0.25) is 0 Å². The Hall–Kier alpha value is -3.67. The monoisotopic (exact) mass is 373 g/mol. The molecule has 28 heavy (non-hydrogen) atoms. The largest absolute Gasteiger partial charge is 0.422 e. The van der Waals surface area contributed by atoms with Gasteiger partial charge in [-0.15, -0.1) is 0 Å². The van der Waals surface area contributed by atoms with E-state index in [4.69, 9.17) is 4.42 Å². The van der Waals surface area contributed by atoms with Crippen LogP contribution < -0.4 is 10.9 Å². The summed E-state index contributed by atoms with van der Waals surface area (Å²) in [6.07, 6.45) is 3.71. The van der Waals surface area contributed by atoms with Crippen LogP contribution in [0.25, 0.3) is 11.0 Å². The van der Waals surface area contributed by atoms with Crippen molar-refractivity contribution in [3.8, 4) is 0 Å². The SMILES string of the molecule is Cc1nccn1Cc1cccc(CNC(=O)c2cc3ccccc3oc2=O)c1. The van der Waals surface area contributed by atoms with Crippen LogP contribution in [0.2, 0.25) is 0 Å². The van der Waals surface area contributed by atoms with Crippen molar-refractivity contribution < 1.29 is 9.21 Å². The van der Waals surface area contributed by atoms with E-state index in [0.717, 1.165) is 17.0 Å². The Morgan fingerprint density at radius 2 is 1.93 bits per heavy atom. The molecule has 0 saturated heterocycles. The Labute approximate surface area is 161 Å². The lowest BCUT2D eigenvalue weighted by atomic mass is 10.1. The maximum absolute atomic E-state index is 12.5. The lowest BCUT2D eigenvalue weighted by molar-refractivity contribution is 0.0947. The molecule has 6 heteroatoms. The van der Waals surface area contributed by atoms with Gasteiger partial charge in [-0.05, 0) is 30.2 Å². The summed E-state index contributed by atoms with van der Waals surface area (Å²) in [5.41, 5.74) is 1.89. The van der Waals surface area contributed by atoms with Gasteiger partial charge in [0, 0.05) is 30.9 Å². The van der Waals surface area contributed by atoms with Crippen LogP contribution in [0.15, 0.2) is 76.2 Å². The zero-order valence-electron chi connectivity index (χ0n) is 15.4. The third-order valence-electron chi connectivity index (χ3n) is 4.61. The van der Waals surface area contributed by atoms with Crippen molar-refractivity contribution in [3.05, 3.63) is 99.9 Å². The Kier molecular flexibility index (Phi) is 4.76. The smallest absolute Gasteiger partial charge is 0.349 e. The molecule has 2 aromatic heterocycles. The van der Waals surface area contributed by atoms with Gasteiger partial charge in [0.25, 0.3) is 5.91 Å². The van der Waals surface area contributed by atoms with E-state index in [0.29, 0.717) is 24.1 Å². The summed E-state index contributed by atoms with van der Waals surface area (Å²) < 4.78 is 7.28. The van der Waals surface area contributed by atoms with E-state index >= 15 is 0 Å². The number of nitrogens with zero attached hydrogens (tertiary/aromatic N) is 2. The van der Waals surface area contributed by atoms with Crippen LogP contribution in [0.1, 0.15) is 27.3 Å². The lowest BCUT2D eigenvalue weighted by Crippen LogP contribution is -2.27. The number of carbonyl (C=O) groups excluding carboxylic acids is 1. The molecule has 0 spiro atoms. The number of nitrogens with one attached hydrogen (secondary N) is 1. The fourth-order valence-electron chi connectivity index (χ4n) is 3.10. The number of carbonyl (C=O) groups is 1. The van der Waals surface area contributed by atoms with Crippen LogP contribution in [-0.2, 0) is 13.1 Å². The molecule has 4 aromatic rings. The molecule has 1 N–H and O–H groups in total. The van der Waals surface area contributed by atoms with E-state index in [1.165, 1.54) is 0 Å². The summed E-state index contributed by atoms with van der Waals surface area (Å²) >= 11 is 0. The molecule has 1 amide bonds. The van der Waals surface area contributed by atoms with Crippen molar-refractivity contribution in [2.75, 3.05) is 0 Å². The summed E-state index contributed by atoms with van der Waals surface area (Å²) in [6.45, 7) is 2.99. The van der Waals surface area contributed by atoms with Crippen LogP contribution in [0, 0.1) is 6.92 Å². The molecule has 6 nitrogen and oxygen atoms in total. The van der Waals surface area contributed by atoms with Crippen molar-refractivity contribution in [2.24, 2.45) is 0 Å². The third-order valence-corrected chi connectivity index (χ3v) is 4.61. The minimum Gasteiger partial charge on any atom is -0.422 e. The van der Waals surface area contributed by atoms with Gasteiger partial charge in [0.05, 0.1) is 0 Å². The second kappa shape index (κ2) is 7.52. The van der Waals surface area contributed by atoms with Gasteiger partial charge in [-0.3, -0.25) is 4.79 Å². The maximum Gasteiger partial charge on any atom is 0.349 e. The summed E-state index contributed by atoms with van der Waals surface area (Å²) in [5, 5.41) is 3.51.